The van der Waals surface area contributed by atoms with E-state index < -0.39 is 0 Å². The van der Waals surface area contributed by atoms with Gasteiger partial charge in [0.05, 0.1) is 0 Å². The molecule has 0 aliphatic rings. The first-order chi connectivity index (χ1) is 12.2. The van der Waals surface area contributed by atoms with Crippen molar-refractivity contribution < 1.29 is 4.79 Å². The average Bonchev–Trinajstić information content (AvgIpc) is 2.62. The highest BCUT2D eigenvalue weighted by molar-refractivity contribution is 9.10. The zero-order valence-corrected chi connectivity index (χ0v) is 15.4. The van der Waals surface area contributed by atoms with Gasteiger partial charge in [-0.05, 0) is 36.1 Å². The van der Waals surface area contributed by atoms with Crippen molar-refractivity contribution in [1.82, 2.24) is 10.6 Å². The first-order valence-electron chi connectivity index (χ1n) is 8.09. The fraction of sp³-hybridized carbons (Fsp3) is 0.200. The molecular weight excluding hydrogens is 378 g/mol. The van der Waals surface area contributed by atoms with E-state index in [2.05, 4.69) is 26.6 Å². The fourth-order valence-corrected chi connectivity index (χ4v) is 2.74. The number of rotatable bonds is 8. The molecule has 25 heavy (non-hydrogen) atoms. The third-order valence-corrected chi connectivity index (χ3v) is 4.09. The molecule has 0 bridgehead atoms. The number of hydrogen-bond acceptors (Lipinski definition) is 3. The van der Waals surface area contributed by atoms with Crippen LogP contribution in [-0.2, 0) is 17.6 Å². The SMILES string of the molecule is N#C/C(=C/NCCc1cccc(Br)c1)C(=O)NCCc1ccccc1. The van der Waals surface area contributed by atoms with Gasteiger partial charge >= 0.3 is 0 Å². The topological polar surface area (TPSA) is 64.9 Å². The quantitative estimate of drug-likeness (QED) is 0.407. The number of nitrogens with one attached hydrogen (secondary N) is 2. The summed E-state index contributed by atoms with van der Waals surface area (Å²) in [6.45, 7) is 1.15. The first-order valence-corrected chi connectivity index (χ1v) is 8.88. The van der Waals surface area contributed by atoms with Crippen LogP contribution in [0.25, 0.3) is 0 Å². The largest absolute Gasteiger partial charge is 0.389 e. The van der Waals surface area contributed by atoms with E-state index in [1.165, 1.54) is 11.8 Å². The minimum absolute atomic E-state index is 0.0855. The lowest BCUT2D eigenvalue weighted by atomic mass is 10.1. The lowest BCUT2D eigenvalue weighted by Gasteiger charge is -2.06. The molecule has 0 spiro atoms. The Labute approximate surface area is 156 Å². The molecule has 4 nitrogen and oxygen atoms in total. The maximum atomic E-state index is 12.0. The Bertz CT molecular complexity index is 766. The summed E-state index contributed by atoms with van der Waals surface area (Å²) in [4.78, 5) is 12.0. The molecule has 0 aromatic heterocycles. The first kappa shape index (κ1) is 18.8. The highest BCUT2D eigenvalue weighted by Gasteiger charge is 2.07. The van der Waals surface area contributed by atoms with Crippen LogP contribution in [0.5, 0.6) is 0 Å². The number of carbonyl (C=O) groups is 1. The molecule has 0 unspecified atom stereocenters. The summed E-state index contributed by atoms with van der Waals surface area (Å²) in [7, 11) is 0. The van der Waals surface area contributed by atoms with E-state index in [4.69, 9.17) is 5.26 Å². The standard InChI is InChI=1S/C20H20BrN3O/c21-19-8-4-7-17(13-19)9-11-23-15-18(14-22)20(25)24-12-10-16-5-2-1-3-6-16/h1-8,13,15,23H,9-12H2,(H,24,25)/b18-15-. The average molecular weight is 398 g/mol. The van der Waals surface area contributed by atoms with Gasteiger partial charge in [-0.2, -0.15) is 5.26 Å². The van der Waals surface area contributed by atoms with Crippen molar-refractivity contribution in [2.24, 2.45) is 0 Å². The monoisotopic (exact) mass is 397 g/mol. The van der Waals surface area contributed by atoms with Crippen LogP contribution in [0.3, 0.4) is 0 Å². The lowest BCUT2D eigenvalue weighted by Crippen LogP contribution is -2.27. The van der Waals surface area contributed by atoms with Gasteiger partial charge < -0.3 is 10.6 Å². The minimum atomic E-state index is -0.353. The molecule has 5 heteroatoms. The molecule has 2 aromatic carbocycles. The summed E-state index contributed by atoms with van der Waals surface area (Å²) in [5.41, 5.74) is 2.42. The van der Waals surface area contributed by atoms with Crippen LogP contribution in [0.2, 0.25) is 0 Å². The highest BCUT2D eigenvalue weighted by Crippen LogP contribution is 2.11. The molecule has 0 atom stereocenters. The molecular formula is C20H20BrN3O. The van der Waals surface area contributed by atoms with Crippen LogP contribution in [0, 0.1) is 11.3 Å². The molecule has 0 fully saturated rings. The molecule has 2 aromatic rings. The molecule has 0 saturated heterocycles. The van der Waals surface area contributed by atoms with Crippen molar-refractivity contribution in [3.8, 4) is 6.07 Å². The van der Waals surface area contributed by atoms with Gasteiger partial charge in [0.25, 0.3) is 5.91 Å². The van der Waals surface area contributed by atoms with Gasteiger partial charge in [0.15, 0.2) is 0 Å². The van der Waals surface area contributed by atoms with Crippen LogP contribution >= 0.6 is 15.9 Å². The second-order valence-corrected chi connectivity index (χ2v) is 6.41. The maximum Gasteiger partial charge on any atom is 0.263 e. The Balaban J connectivity index is 1.75. The van der Waals surface area contributed by atoms with Gasteiger partial charge in [0, 0.05) is 23.8 Å². The van der Waals surface area contributed by atoms with Crippen molar-refractivity contribution in [1.29, 1.82) is 5.26 Å². The molecule has 2 N–H and O–H groups in total. The maximum absolute atomic E-state index is 12.0. The van der Waals surface area contributed by atoms with Crippen molar-refractivity contribution >= 4 is 21.8 Å². The highest BCUT2D eigenvalue weighted by atomic mass is 79.9. The van der Waals surface area contributed by atoms with Gasteiger partial charge in [0.2, 0.25) is 0 Å². The van der Waals surface area contributed by atoms with Crippen LogP contribution in [-0.4, -0.2) is 19.0 Å². The van der Waals surface area contributed by atoms with Crippen molar-refractivity contribution in [2.45, 2.75) is 12.8 Å². The van der Waals surface area contributed by atoms with Crippen LogP contribution < -0.4 is 10.6 Å². The van der Waals surface area contributed by atoms with Crippen molar-refractivity contribution in [2.75, 3.05) is 13.1 Å². The minimum Gasteiger partial charge on any atom is -0.389 e. The third kappa shape index (κ3) is 6.82. The predicted octanol–water partition coefficient (Wildman–Crippen LogP) is 3.35. The predicted molar refractivity (Wildman–Crippen MR) is 103 cm³/mol. The Morgan fingerprint density at radius 1 is 1.04 bits per heavy atom. The lowest BCUT2D eigenvalue weighted by molar-refractivity contribution is -0.117. The zero-order valence-electron chi connectivity index (χ0n) is 13.8. The summed E-state index contributed by atoms with van der Waals surface area (Å²) >= 11 is 3.44. The van der Waals surface area contributed by atoms with Gasteiger partial charge in [0.1, 0.15) is 11.6 Å². The van der Waals surface area contributed by atoms with E-state index in [1.807, 2.05) is 60.7 Å². The van der Waals surface area contributed by atoms with E-state index in [-0.39, 0.29) is 11.5 Å². The second kappa shape index (κ2) is 10.3. The Kier molecular flexibility index (Phi) is 7.74. The summed E-state index contributed by atoms with van der Waals surface area (Å²) in [5, 5.41) is 14.9. The van der Waals surface area contributed by atoms with Gasteiger partial charge in [-0.1, -0.05) is 58.4 Å². The van der Waals surface area contributed by atoms with Crippen LogP contribution in [0.1, 0.15) is 11.1 Å². The number of benzene rings is 2. The van der Waals surface area contributed by atoms with Crippen molar-refractivity contribution in [3.63, 3.8) is 0 Å². The zero-order chi connectivity index (χ0) is 17.9. The molecule has 128 valence electrons. The fourth-order valence-electron chi connectivity index (χ4n) is 2.29. The number of halogens is 1. The summed E-state index contributed by atoms with van der Waals surface area (Å²) < 4.78 is 1.04. The molecule has 0 saturated carbocycles. The molecule has 0 radical (unpaired) electrons. The van der Waals surface area contributed by atoms with Crippen molar-refractivity contribution in [3.05, 3.63) is 82.0 Å². The molecule has 1 amide bonds. The van der Waals surface area contributed by atoms with Crippen LogP contribution in [0.4, 0.5) is 0 Å². The molecule has 0 aliphatic heterocycles. The Morgan fingerprint density at radius 3 is 2.48 bits per heavy atom. The summed E-state index contributed by atoms with van der Waals surface area (Å²) in [6.07, 6.45) is 3.03. The smallest absolute Gasteiger partial charge is 0.263 e. The number of hydrogen-bond donors (Lipinski definition) is 2. The third-order valence-electron chi connectivity index (χ3n) is 3.60. The number of nitrogens with zero attached hydrogens (tertiary/aromatic N) is 1. The van der Waals surface area contributed by atoms with Gasteiger partial charge in [-0.15, -0.1) is 0 Å². The number of nitriles is 1. The summed E-state index contributed by atoms with van der Waals surface area (Å²) in [6, 6.07) is 19.9. The van der Waals surface area contributed by atoms with Crippen LogP contribution in [0.15, 0.2) is 70.8 Å². The van der Waals surface area contributed by atoms with E-state index in [0.717, 1.165) is 22.9 Å². The summed E-state index contributed by atoms with van der Waals surface area (Å²) in [5.74, 6) is -0.353. The molecule has 0 aliphatic carbocycles. The van der Waals surface area contributed by atoms with Gasteiger partial charge in [-0.3, -0.25) is 4.79 Å². The van der Waals surface area contributed by atoms with E-state index >= 15 is 0 Å². The normalized spacial score (nSPS) is 10.8. The Hall–Kier alpha value is -2.58. The Morgan fingerprint density at radius 2 is 1.76 bits per heavy atom. The van der Waals surface area contributed by atoms with E-state index in [1.54, 1.807) is 0 Å². The second-order valence-electron chi connectivity index (χ2n) is 5.50. The molecule has 2 rings (SSSR count). The molecule has 0 heterocycles. The van der Waals surface area contributed by atoms with E-state index in [0.29, 0.717) is 13.1 Å². The van der Waals surface area contributed by atoms with Gasteiger partial charge in [-0.25, -0.2) is 0 Å². The number of carbonyl (C=O) groups excluding carboxylic acids is 1. The van der Waals surface area contributed by atoms with E-state index in [9.17, 15) is 4.79 Å². The number of amides is 1.